The minimum Gasteiger partial charge on any atom is -0.382 e. The SMILES string of the molecule is Nc1cnc(C(=O)Nc2c(Cl)cccc2C(F)(F)F)cn1. The van der Waals surface area contributed by atoms with E-state index in [0.29, 0.717) is 0 Å². The summed E-state index contributed by atoms with van der Waals surface area (Å²) in [5.41, 5.74) is 3.54. The molecule has 9 heteroatoms. The third-order valence-electron chi connectivity index (χ3n) is 2.46. The molecule has 2 aromatic rings. The summed E-state index contributed by atoms with van der Waals surface area (Å²) in [5.74, 6) is -0.790. The molecule has 1 aromatic heterocycles. The number of nitrogen functional groups attached to an aromatic ring is 1. The van der Waals surface area contributed by atoms with E-state index in [0.717, 1.165) is 24.5 Å². The number of anilines is 2. The standard InChI is InChI=1S/C12H8ClF3N4O/c13-7-3-1-2-6(12(14,15)16)10(7)20-11(21)8-4-19-9(17)5-18-8/h1-5H,(H2,17,19)(H,20,21). The summed E-state index contributed by atoms with van der Waals surface area (Å²) in [4.78, 5) is 19.2. The van der Waals surface area contributed by atoms with E-state index in [9.17, 15) is 18.0 Å². The Labute approximate surface area is 122 Å². The van der Waals surface area contributed by atoms with E-state index in [1.54, 1.807) is 0 Å². The predicted octanol–water partition coefficient (Wildman–Crippen LogP) is 2.98. The normalized spacial score (nSPS) is 11.2. The Morgan fingerprint density at radius 3 is 2.52 bits per heavy atom. The van der Waals surface area contributed by atoms with Crippen LogP contribution in [0.1, 0.15) is 16.1 Å². The molecule has 0 bridgehead atoms. The van der Waals surface area contributed by atoms with Crippen LogP contribution in [0, 0.1) is 0 Å². The molecule has 0 fully saturated rings. The molecule has 0 saturated heterocycles. The van der Waals surface area contributed by atoms with Crippen LogP contribution in [0.2, 0.25) is 5.02 Å². The number of benzene rings is 1. The number of hydrogen-bond acceptors (Lipinski definition) is 4. The fraction of sp³-hybridized carbons (Fsp3) is 0.0833. The average Bonchev–Trinajstić information content (AvgIpc) is 2.40. The molecule has 1 heterocycles. The molecule has 0 aliphatic carbocycles. The fourth-order valence-corrected chi connectivity index (χ4v) is 1.74. The van der Waals surface area contributed by atoms with E-state index in [4.69, 9.17) is 17.3 Å². The second-order valence-electron chi connectivity index (χ2n) is 3.94. The molecule has 21 heavy (non-hydrogen) atoms. The van der Waals surface area contributed by atoms with Gasteiger partial charge < -0.3 is 11.1 Å². The van der Waals surface area contributed by atoms with Crippen molar-refractivity contribution in [3.8, 4) is 0 Å². The quantitative estimate of drug-likeness (QED) is 0.892. The summed E-state index contributed by atoms with van der Waals surface area (Å²) in [6, 6.07) is 3.20. The van der Waals surface area contributed by atoms with Gasteiger partial charge in [-0.25, -0.2) is 9.97 Å². The first-order chi connectivity index (χ1) is 9.79. The van der Waals surface area contributed by atoms with Crippen LogP contribution in [0.3, 0.4) is 0 Å². The summed E-state index contributed by atoms with van der Waals surface area (Å²) in [7, 11) is 0. The lowest BCUT2D eigenvalue weighted by Crippen LogP contribution is -2.18. The number of nitrogens with two attached hydrogens (primary N) is 1. The monoisotopic (exact) mass is 316 g/mol. The van der Waals surface area contributed by atoms with Crippen molar-refractivity contribution in [1.29, 1.82) is 0 Å². The van der Waals surface area contributed by atoms with E-state index in [-0.39, 0.29) is 16.5 Å². The number of aromatic nitrogens is 2. The predicted molar refractivity (Wildman–Crippen MR) is 70.9 cm³/mol. The number of hydrogen-bond donors (Lipinski definition) is 2. The van der Waals surface area contributed by atoms with Crippen LogP contribution in [0.4, 0.5) is 24.7 Å². The smallest absolute Gasteiger partial charge is 0.382 e. The Bertz CT molecular complexity index is 673. The topological polar surface area (TPSA) is 80.9 Å². The zero-order valence-electron chi connectivity index (χ0n) is 10.3. The van der Waals surface area contributed by atoms with Crippen LogP contribution in [0.25, 0.3) is 0 Å². The lowest BCUT2D eigenvalue weighted by atomic mass is 10.1. The number of para-hydroxylation sites is 1. The molecule has 0 aliphatic heterocycles. The highest BCUT2D eigenvalue weighted by atomic mass is 35.5. The first-order valence-corrected chi connectivity index (χ1v) is 5.91. The van der Waals surface area contributed by atoms with Gasteiger partial charge in [-0.15, -0.1) is 0 Å². The molecule has 110 valence electrons. The lowest BCUT2D eigenvalue weighted by molar-refractivity contribution is -0.136. The number of nitrogens with zero attached hydrogens (tertiary/aromatic N) is 2. The molecule has 3 N–H and O–H groups in total. The van der Waals surface area contributed by atoms with E-state index in [2.05, 4.69) is 15.3 Å². The molecule has 1 aromatic carbocycles. The van der Waals surface area contributed by atoms with Crippen LogP contribution >= 0.6 is 11.6 Å². The van der Waals surface area contributed by atoms with Gasteiger partial charge in [0.25, 0.3) is 5.91 Å². The third kappa shape index (κ3) is 3.40. The van der Waals surface area contributed by atoms with Crippen molar-refractivity contribution in [3.63, 3.8) is 0 Å². The van der Waals surface area contributed by atoms with Crippen molar-refractivity contribution >= 4 is 29.0 Å². The number of halogens is 4. The number of nitrogens with one attached hydrogen (secondary N) is 1. The maximum absolute atomic E-state index is 12.9. The Hall–Kier alpha value is -2.35. The van der Waals surface area contributed by atoms with E-state index >= 15 is 0 Å². The van der Waals surface area contributed by atoms with Gasteiger partial charge in [-0.2, -0.15) is 13.2 Å². The van der Waals surface area contributed by atoms with Crippen LogP contribution in [-0.4, -0.2) is 15.9 Å². The van der Waals surface area contributed by atoms with E-state index in [1.165, 1.54) is 6.07 Å². The summed E-state index contributed by atoms with van der Waals surface area (Å²) in [6.07, 6.45) is -2.48. The fourth-order valence-electron chi connectivity index (χ4n) is 1.52. The number of amides is 1. The minimum absolute atomic E-state index is 0.0836. The highest BCUT2D eigenvalue weighted by molar-refractivity contribution is 6.34. The highest BCUT2D eigenvalue weighted by Crippen LogP contribution is 2.38. The number of alkyl halides is 3. The van der Waals surface area contributed by atoms with Gasteiger partial charge in [0.1, 0.15) is 11.5 Å². The van der Waals surface area contributed by atoms with E-state index < -0.39 is 23.3 Å². The molecule has 0 spiro atoms. The Morgan fingerprint density at radius 1 is 1.24 bits per heavy atom. The summed E-state index contributed by atoms with van der Waals surface area (Å²) >= 11 is 5.72. The molecule has 5 nitrogen and oxygen atoms in total. The number of carbonyl (C=O) groups is 1. The van der Waals surface area contributed by atoms with Crippen molar-refractivity contribution in [2.24, 2.45) is 0 Å². The van der Waals surface area contributed by atoms with Gasteiger partial charge in [-0.05, 0) is 12.1 Å². The number of carbonyl (C=O) groups excluding carboxylic acids is 1. The maximum Gasteiger partial charge on any atom is 0.418 e. The summed E-state index contributed by atoms with van der Waals surface area (Å²) < 4.78 is 38.6. The second-order valence-corrected chi connectivity index (χ2v) is 4.35. The molecule has 0 unspecified atom stereocenters. The number of rotatable bonds is 2. The second kappa shape index (κ2) is 5.57. The first kappa shape index (κ1) is 15.0. The largest absolute Gasteiger partial charge is 0.418 e. The van der Waals surface area contributed by atoms with Gasteiger partial charge in [0.05, 0.1) is 28.7 Å². The zero-order valence-corrected chi connectivity index (χ0v) is 11.0. The van der Waals surface area contributed by atoms with Gasteiger partial charge in [0.15, 0.2) is 0 Å². The Morgan fingerprint density at radius 2 is 1.95 bits per heavy atom. The van der Waals surface area contributed by atoms with Crippen LogP contribution in [0.5, 0.6) is 0 Å². The van der Waals surface area contributed by atoms with Crippen LogP contribution in [0.15, 0.2) is 30.6 Å². The summed E-state index contributed by atoms with van der Waals surface area (Å²) in [5, 5.41) is 1.85. The molecule has 0 saturated carbocycles. The third-order valence-corrected chi connectivity index (χ3v) is 2.78. The van der Waals surface area contributed by atoms with Gasteiger partial charge in [0.2, 0.25) is 0 Å². The van der Waals surface area contributed by atoms with Gasteiger partial charge in [-0.3, -0.25) is 4.79 Å². The first-order valence-electron chi connectivity index (χ1n) is 5.53. The molecule has 0 atom stereocenters. The van der Waals surface area contributed by atoms with Gasteiger partial charge in [0, 0.05) is 0 Å². The molecular formula is C12H8ClF3N4O. The summed E-state index contributed by atoms with van der Waals surface area (Å²) in [6.45, 7) is 0. The Kier molecular flexibility index (Phi) is 3.99. The molecule has 0 radical (unpaired) electrons. The molecule has 2 rings (SSSR count). The van der Waals surface area contributed by atoms with Gasteiger partial charge in [-0.1, -0.05) is 17.7 Å². The van der Waals surface area contributed by atoms with Gasteiger partial charge >= 0.3 is 6.18 Å². The lowest BCUT2D eigenvalue weighted by Gasteiger charge is -2.14. The van der Waals surface area contributed by atoms with Crippen molar-refractivity contribution < 1.29 is 18.0 Å². The molecule has 1 amide bonds. The van der Waals surface area contributed by atoms with Crippen LogP contribution in [-0.2, 0) is 6.18 Å². The van der Waals surface area contributed by atoms with Crippen molar-refractivity contribution in [2.45, 2.75) is 6.18 Å². The van der Waals surface area contributed by atoms with Crippen LogP contribution < -0.4 is 11.1 Å². The zero-order chi connectivity index (χ0) is 15.6. The molecule has 0 aliphatic rings. The Balaban J connectivity index is 2.35. The molecular weight excluding hydrogens is 309 g/mol. The van der Waals surface area contributed by atoms with Crippen molar-refractivity contribution in [2.75, 3.05) is 11.1 Å². The average molecular weight is 317 g/mol. The van der Waals surface area contributed by atoms with E-state index in [1.807, 2.05) is 0 Å². The highest BCUT2D eigenvalue weighted by Gasteiger charge is 2.35. The van der Waals surface area contributed by atoms with Crippen molar-refractivity contribution in [3.05, 3.63) is 46.9 Å². The minimum atomic E-state index is -4.65. The maximum atomic E-state index is 12.9. The van der Waals surface area contributed by atoms with Crippen molar-refractivity contribution in [1.82, 2.24) is 9.97 Å².